The van der Waals surface area contributed by atoms with Crippen LogP contribution in [0.3, 0.4) is 0 Å². The van der Waals surface area contributed by atoms with Gasteiger partial charge < -0.3 is 5.11 Å². The van der Waals surface area contributed by atoms with Gasteiger partial charge in [-0.1, -0.05) is 32.1 Å². The maximum absolute atomic E-state index is 10.1. The molecule has 3 heteroatoms. The van der Waals surface area contributed by atoms with Gasteiger partial charge in [0, 0.05) is 14.5 Å². The average molecular weight is 174 g/mol. The lowest BCUT2D eigenvalue weighted by Gasteiger charge is -2.14. The van der Waals surface area contributed by atoms with Gasteiger partial charge in [-0.15, -0.1) is 0 Å². The predicted octanol–water partition coefficient (Wildman–Crippen LogP) is 2.58. The molecule has 0 rings (SSSR count). The normalized spacial score (nSPS) is 11.5. The summed E-state index contributed by atoms with van der Waals surface area (Å²) in [6.45, 7) is 6.94. The number of carbonyl (C=O) groups is 1. The van der Waals surface area contributed by atoms with Crippen LogP contribution in [0.2, 0.25) is 25.7 Å². The van der Waals surface area contributed by atoms with Gasteiger partial charge in [-0.25, -0.2) is 0 Å². The maximum Gasteiger partial charge on any atom is 0.303 e. The first-order valence-electron chi connectivity index (χ1n) is 4.13. The molecule has 0 aliphatic carbocycles. The molecule has 2 nitrogen and oxygen atoms in total. The van der Waals surface area contributed by atoms with E-state index in [1.54, 1.807) is 0 Å². The lowest BCUT2D eigenvalue weighted by atomic mass is 10.2. The van der Waals surface area contributed by atoms with Gasteiger partial charge in [-0.3, -0.25) is 4.79 Å². The van der Waals surface area contributed by atoms with Crippen LogP contribution in [-0.2, 0) is 4.79 Å². The second kappa shape index (κ2) is 4.54. The third-order valence-corrected chi connectivity index (χ3v) is 3.42. The smallest absolute Gasteiger partial charge is 0.303 e. The molecule has 0 radical (unpaired) electrons. The Balaban J connectivity index is 3.22. The molecule has 0 unspecified atom stereocenters. The van der Waals surface area contributed by atoms with Crippen molar-refractivity contribution in [3.05, 3.63) is 0 Å². The second-order valence-electron chi connectivity index (χ2n) is 4.16. The Labute approximate surface area is 69.6 Å². The van der Waals surface area contributed by atoms with E-state index in [0.717, 1.165) is 12.8 Å². The molecule has 0 heterocycles. The molecule has 0 aromatic carbocycles. The van der Waals surface area contributed by atoms with Crippen LogP contribution in [0.25, 0.3) is 0 Å². The van der Waals surface area contributed by atoms with Crippen molar-refractivity contribution < 1.29 is 9.90 Å². The Morgan fingerprint density at radius 2 is 1.82 bits per heavy atom. The number of carboxylic acids is 1. The number of hydrogen-bond donors (Lipinski definition) is 1. The zero-order chi connectivity index (χ0) is 8.91. The SMILES string of the molecule is C[Si](C)(C)CCCCC(=O)O. The minimum absolute atomic E-state index is 0.338. The highest BCUT2D eigenvalue weighted by molar-refractivity contribution is 6.76. The van der Waals surface area contributed by atoms with Gasteiger partial charge in [-0.2, -0.15) is 0 Å². The third kappa shape index (κ3) is 9.69. The fourth-order valence-corrected chi connectivity index (χ4v) is 2.24. The Bertz CT molecular complexity index is 127. The highest BCUT2D eigenvalue weighted by atomic mass is 28.3. The van der Waals surface area contributed by atoms with Crippen LogP contribution in [-0.4, -0.2) is 19.1 Å². The highest BCUT2D eigenvalue weighted by Gasteiger charge is 2.11. The summed E-state index contributed by atoms with van der Waals surface area (Å²) in [5, 5.41) is 8.35. The molecule has 0 saturated heterocycles. The van der Waals surface area contributed by atoms with Gasteiger partial charge in [0.1, 0.15) is 0 Å². The lowest BCUT2D eigenvalue weighted by Crippen LogP contribution is -2.18. The molecule has 0 aliphatic rings. The summed E-state index contributed by atoms with van der Waals surface area (Å²) < 4.78 is 0. The first kappa shape index (κ1) is 10.7. The minimum atomic E-state index is -0.922. The van der Waals surface area contributed by atoms with Crippen molar-refractivity contribution in [1.82, 2.24) is 0 Å². The van der Waals surface area contributed by atoms with Crippen LogP contribution in [0.1, 0.15) is 19.3 Å². The molecule has 0 spiro atoms. The van der Waals surface area contributed by atoms with Gasteiger partial charge in [0.05, 0.1) is 0 Å². The molecule has 0 aromatic rings. The number of unbranched alkanes of at least 4 members (excludes halogenated alkanes) is 1. The van der Waals surface area contributed by atoms with E-state index in [0.29, 0.717) is 6.42 Å². The zero-order valence-corrected chi connectivity index (χ0v) is 8.68. The van der Waals surface area contributed by atoms with Crippen molar-refractivity contribution in [2.24, 2.45) is 0 Å². The average Bonchev–Trinajstić information content (AvgIpc) is 1.78. The predicted molar refractivity (Wildman–Crippen MR) is 49.6 cm³/mol. The first-order valence-corrected chi connectivity index (χ1v) is 7.84. The topological polar surface area (TPSA) is 37.3 Å². The maximum atomic E-state index is 10.1. The molecule has 0 atom stereocenters. The Morgan fingerprint density at radius 1 is 1.27 bits per heavy atom. The van der Waals surface area contributed by atoms with Crippen molar-refractivity contribution in [3.8, 4) is 0 Å². The zero-order valence-electron chi connectivity index (χ0n) is 7.68. The van der Waals surface area contributed by atoms with Crippen molar-refractivity contribution in [2.45, 2.75) is 44.9 Å². The van der Waals surface area contributed by atoms with E-state index in [4.69, 9.17) is 5.11 Å². The van der Waals surface area contributed by atoms with Crippen LogP contribution in [0.4, 0.5) is 0 Å². The van der Waals surface area contributed by atoms with Crippen LogP contribution >= 0.6 is 0 Å². The molecule has 0 aromatic heterocycles. The summed E-state index contributed by atoms with van der Waals surface area (Å²) >= 11 is 0. The fraction of sp³-hybridized carbons (Fsp3) is 0.875. The summed E-state index contributed by atoms with van der Waals surface area (Å²) in [5.74, 6) is -0.666. The number of hydrogen-bond acceptors (Lipinski definition) is 1. The van der Waals surface area contributed by atoms with Crippen LogP contribution in [0.15, 0.2) is 0 Å². The van der Waals surface area contributed by atoms with Crippen molar-refractivity contribution >= 4 is 14.0 Å². The van der Waals surface area contributed by atoms with E-state index < -0.39 is 14.0 Å². The van der Waals surface area contributed by atoms with E-state index in [1.165, 1.54) is 6.04 Å². The quantitative estimate of drug-likeness (QED) is 0.514. The summed E-state index contributed by atoms with van der Waals surface area (Å²) in [7, 11) is -0.922. The van der Waals surface area contributed by atoms with Crippen LogP contribution in [0, 0.1) is 0 Å². The Hall–Kier alpha value is -0.313. The van der Waals surface area contributed by atoms with E-state index >= 15 is 0 Å². The lowest BCUT2D eigenvalue weighted by molar-refractivity contribution is -0.137. The molecule has 0 fully saturated rings. The molecular formula is C8H18O2Si. The van der Waals surface area contributed by atoms with Crippen LogP contribution < -0.4 is 0 Å². The summed E-state index contributed by atoms with van der Waals surface area (Å²) in [6, 6.07) is 1.25. The highest BCUT2D eigenvalue weighted by Crippen LogP contribution is 2.13. The van der Waals surface area contributed by atoms with E-state index in [-0.39, 0.29) is 0 Å². The van der Waals surface area contributed by atoms with E-state index in [2.05, 4.69) is 19.6 Å². The number of rotatable bonds is 5. The Morgan fingerprint density at radius 3 is 2.18 bits per heavy atom. The standard InChI is InChI=1S/C8H18O2Si/c1-11(2,3)7-5-4-6-8(9)10/h4-7H2,1-3H3,(H,9,10). The molecule has 0 aliphatic heterocycles. The molecule has 11 heavy (non-hydrogen) atoms. The summed E-state index contributed by atoms with van der Waals surface area (Å²) in [6.07, 6.45) is 2.27. The minimum Gasteiger partial charge on any atom is -0.481 e. The van der Waals surface area contributed by atoms with Gasteiger partial charge in [0.2, 0.25) is 0 Å². The third-order valence-electron chi connectivity index (χ3n) is 1.57. The van der Waals surface area contributed by atoms with Gasteiger partial charge in [0.25, 0.3) is 0 Å². The van der Waals surface area contributed by atoms with E-state index in [1.807, 2.05) is 0 Å². The molecule has 0 bridgehead atoms. The second-order valence-corrected chi connectivity index (χ2v) is 9.78. The molecular weight excluding hydrogens is 156 g/mol. The monoisotopic (exact) mass is 174 g/mol. The number of carboxylic acid groups (broad SMARTS) is 1. The van der Waals surface area contributed by atoms with Crippen molar-refractivity contribution in [2.75, 3.05) is 0 Å². The first-order chi connectivity index (χ1) is 4.92. The molecule has 66 valence electrons. The molecule has 0 amide bonds. The summed E-state index contributed by atoms with van der Waals surface area (Å²) in [4.78, 5) is 10.1. The summed E-state index contributed by atoms with van der Waals surface area (Å²) in [5.41, 5.74) is 0. The van der Waals surface area contributed by atoms with E-state index in [9.17, 15) is 4.79 Å². The largest absolute Gasteiger partial charge is 0.481 e. The van der Waals surface area contributed by atoms with Crippen molar-refractivity contribution in [3.63, 3.8) is 0 Å². The van der Waals surface area contributed by atoms with Gasteiger partial charge >= 0.3 is 5.97 Å². The van der Waals surface area contributed by atoms with Crippen LogP contribution in [0.5, 0.6) is 0 Å². The van der Waals surface area contributed by atoms with Gasteiger partial charge in [0.15, 0.2) is 0 Å². The fourth-order valence-electron chi connectivity index (χ4n) is 0.932. The van der Waals surface area contributed by atoms with Crippen molar-refractivity contribution in [1.29, 1.82) is 0 Å². The van der Waals surface area contributed by atoms with Gasteiger partial charge in [-0.05, 0) is 6.42 Å². The molecule has 1 N–H and O–H groups in total. The Kier molecular flexibility index (Phi) is 4.41. The number of aliphatic carboxylic acids is 1. The molecule has 0 saturated carbocycles.